The van der Waals surface area contributed by atoms with E-state index in [1.165, 1.54) is 32.9 Å². The molecule has 0 amide bonds. The Balaban J connectivity index is 1.67. The van der Waals surface area contributed by atoms with Gasteiger partial charge in [0.05, 0.1) is 7.05 Å². The number of nitrogens with zero attached hydrogens (tertiary/aromatic N) is 2. The van der Waals surface area contributed by atoms with Gasteiger partial charge in [-0.25, -0.2) is 0 Å². The summed E-state index contributed by atoms with van der Waals surface area (Å²) in [5, 5.41) is 8.84. The molecule has 3 aromatic rings. The Morgan fingerprint density at radius 3 is 2.60 bits per heavy atom. The van der Waals surface area contributed by atoms with Crippen molar-refractivity contribution in [2.75, 3.05) is 12.4 Å². The third-order valence-corrected chi connectivity index (χ3v) is 5.36. The molecule has 2 aromatic carbocycles. The van der Waals surface area contributed by atoms with Crippen LogP contribution in [0.4, 0.5) is 10.8 Å². The molecule has 3 rings (SSSR count). The van der Waals surface area contributed by atoms with E-state index in [-0.39, 0.29) is 0 Å². The Hall–Kier alpha value is -2.02. The van der Waals surface area contributed by atoms with Gasteiger partial charge in [-0.2, -0.15) is 4.68 Å². The molecular weight excluding hydrogens is 348 g/mol. The van der Waals surface area contributed by atoms with Gasteiger partial charge in [0, 0.05) is 11.3 Å². The van der Waals surface area contributed by atoms with E-state index in [0.717, 1.165) is 28.0 Å². The van der Waals surface area contributed by atoms with Crippen molar-refractivity contribution in [2.45, 2.75) is 27.1 Å². The van der Waals surface area contributed by atoms with E-state index in [2.05, 4.69) is 73.8 Å². The van der Waals surface area contributed by atoms with Crippen LogP contribution in [0.15, 0.2) is 48.5 Å². The molecule has 0 radical (unpaired) electrons. The maximum Gasteiger partial charge on any atom is 0.209 e. The quantitative estimate of drug-likeness (QED) is 0.648. The van der Waals surface area contributed by atoms with Gasteiger partial charge in [0.1, 0.15) is 6.54 Å². The van der Waals surface area contributed by atoms with Crippen LogP contribution in [-0.4, -0.2) is 16.8 Å². The maximum absolute atomic E-state index is 5.48. The molecule has 130 valence electrons. The Morgan fingerprint density at radius 2 is 1.88 bits per heavy atom. The number of anilines is 2. The number of aryl methyl sites for hydroxylation is 2. The van der Waals surface area contributed by atoms with Gasteiger partial charge in [-0.1, -0.05) is 47.7 Å². The zero-order valence-electron chi connectivity index (χ0n) is 14.7. The fourth-order valence-corrected chi connectivity index (χ4v) is 3.68. The molecule has 1 unspecified atom stereocenters. The summed E-state index contributed by atoms with van der Waals surface area (Å²) in [6, 6.07) is 16.8. The molecule has 0 spiro atoms. The van der Waals surface area contributed by atoms with Gasteiger partial charge >= 0.3 is 0 Å². The zero-order valence-corrected chi connectivity index (χ0v) is 16.4. The van der Waals surface area contributed by atoms with Crippen molar-refractivity contribution in [2.24, 2.45) is 0 Å². The van der Waals surface area contributed by atoms with Gasteiger partial charge in [0.2, 0.25) is 5.13 Å². The molecule has 0 aliphatic carbocycles. The molecule has 1 atom stereocenters. The minimum Gasteiger partial charge on any atom is -0.330 e. The van der Waals surface area contributed by atoms with Crippen LogP contribution in [-0.2, 0) is 13.2 Å². The fraction of sp³-hybridized carbons (Fsp3) is 0.263. The summed E-state index contributed by atoms with van der Waals surface area (Å²) in [6.07, 6.45) is 0. The number of quaternary nitrogens is 1. The summed E-state index contributed by atoms with van der Waals surface area (Å²) in [4.78, 5) is 1.34. The molecule has 0 saturated heterocycles. The van der Waals surface area contributed by atoms with Gasteiger partial charge < -0.3 is 10.2 Å². The second-order valence-corrected chi connectivity index (χ2v) is 8.00. The average molecular weight is 372 g/mol. The van der Waals surface area contributed by atoms with Crippen LogP contribution in [0, 0.1) is 17.8 Å². The summed E-state index contributed by atoms with van der Waals surface area (Å²) in [6.45, 7) is 5.92. The van der Waals surface area contributed by atoms with Crippen molar-refractivity contribution in [1.29, 1.82) is 0 Å². The first-order valence-corrected chi connectivity index (χ1v) is 9.51. The predicted molar refractivity (Wildman–Crippen MR) is 107 cm³/mol. The summed E-state index contributed by atoms with van der Waals surface area (Å²) in [7, 11) is 2.16. The summed E-state index contributed by atoms with van der Waals surface area (Å²) in [5.41, 5.74) is 4.91. The minimum absolute atomic E-state index is 0.749. The third-order valence-electron chi connectivity index (χ3n) is 4.13. The highest BCUT2D eigenvalue weighted by molar-refractivity contribution is 7.73. The summed E-state index contributed by atoms with van der Waals surface area (Å²) < 4.78 is 2.69. The lowest BCUT2D eigenvalue weighted by Crippen LogP contribution is -3.07. The van der Waals surface area contributed by atoms with Crippen LogP contribution in [0.5, 0.6) is 0 Å². The standard InChI is InChI=1S/C19H22N4S2/c1-14-9-10-17(11-15(14)2)20-18-21-23(19(24)25-18)13-22(3)12-16-7-5-4-6-8-16/h4-11H,12-13H2,1-3H3,(H,20,21)/p+1. The molecule has 0 aliphatic rings. The predicted octanol–water partition coefficient (Wildman–Crippen LogP) is 3.71. The minimum atomic E-state index is 0.749. The van der Waals surface area contributed by atoms with Crippen LogP contribution in [0.25, 0.3) is 0 Å². The summed E-state index contributed by atoms with van der Waals surface area (Å²) in [5.74, 6) is 0. The normalized spacial score (nSPS) is 12.1. The fourth-order valence-electron chi connectivity index (χ4n) is 2.66. The van der Waals surface area contributed by atoms with Gasteiger partial charge in [0.25, 0.3) is 0 Å². The van der Waals surface area contributed by atoms with Crippen LogP contribution in [0.2, 0.25) is 0 Å². The Bertz CT molecular complexity index is 899. The number of hydrogen-bond acceptors (Lipinski definition) is 4. The smallest absolute Gasteiger partial charge is 0.209 e. The van der Waals surface area contributed by atoms with E-state index < -0.39 is 0 Å². The van der Waals surface area contributed by atoms with Crippen molar-refractivity contribution >= 4 is 34.4 Å². The topological polar surface area (TPSA) is 34.3 Å². The second kappa shape index (κ2) is 7.91. The van der Waals surface area contributed by atoms with Crippen LogP contribution in [0.3, 0.4) is 0 Å². The first-order chi connectivity index (χ1) is 12.0. The van der Waals surface area contributed by atoms with Gasteiger partial charge in [-0.15, -0.1) is 5.10 Å². The maximum atomic E-state index is 5.48. The average Bonchev–Trinajstić information content (AvgIpc) is 2.91. The zero-order chi connectivity index (χ0) is 17.8. The lowest BCUT2D eigenvalue weighted by molar-refractivity contribution is -0.917. The molecule has 2 N–H and O–H groups in total. The van der Waals surface area contributed by atoms with Crippen molar-refractivity contribution in [1.82, 2.24) is 9.78 Å². The first-order valence-electron chi connectivity index (χ1n) is 8.29. The lowest BCUT2D eigenvalue weighted by atomic mass is 10.1. The van der Waals surface area contributed by atoms with Crippen LogP contribution < -0.4 is 10.2 Å². The Kier molecular flexibility index (Phi) is 5.63. The molecule has 1 heterocycles. The number of rotatable bonds is 6. The molecule has 25 heavy (non-hydrogen) atoms. The van der Waals surface area contributed by atoms with Crippen LogP contribution in [0.1, 0.15) is 16.7 Å². The molecule has 6 heteroatoms. The van der Waals surface area contributed by atoms with Crippen molar-refractivity contribution in [3.63, 3.8) is 0 Å². The third kappa shape index (κ3) is 4.75. The van der Waals surface area contributed by atoms with Gasteiger partial charge in [0.15, 0.2) is 10.6 Å². The van der Waals surface area contributed by atoms with Crippen LogP contribution >= 0.6 is 23.6 Å². The highest BCUT2D eigenvalue weighted by Gasteiger charge is 2.10. The largest absolute Gasteiger partial charge is 0.330 e. The molecule has 0 bridgehead atoms. The summed E-state index contributed by atoms with van der Waals surface area (Å²) >= 11 is 6.99. The Morgan fingerprint density at radius 1 is 1.12 bits per heavy atom. The van der Waals surface area contributed by atoms with E-state index in [0.29, 0.717) is 0 Å². The molecule has 0 saturated carbocycles. The molecule has 1 aromatic heterocycles. The molecular formula is C19H23N4S2+. The van der Waals surface area contributed by atoms with Gasteiger partial charge in [-0.05, 0) is 49.3 Å². The highest BCUT2D eigenvalue weighted by atomic mass is 32.1. The first kappa shape index (κ1) is 17.8. The second-order valence-electron chi connectivity index (χ2n) is 6.37. The van der Waals surface area contributed by atoms with Gasteiger partial charge in [-0.3, -0.25) is 0 Å². The number of benzene rings is 2. The van der Waals surface area contributed by atoms with Crippen molar-refractivity contribution in [3.8, 4) is 0 Å². The molecule has 0 fully saturated rings. The molecule has 0 aliphatic heterocycles. The van der Waals surface area contributed by atoms with E-state index >= 15 is 0 Å². The Labute approximate surface area is 157 Å². The molecule has 4 nitrogen and oxygen atoms in total. The van der Waals surface area contributed by atoms with E-state index in [9.17, 15) is 0 Å². The highest BCUT2D eigenvalue weighted by Crippen LogP contribution is 2.22. The van der Waals surface area contributed by atoms with E-state index in [1.54, 1.807) is 0 Å². The number of hydrogen-bond donors (Lipinski definition) is 2. The SMILES string of the molecule is Cc1ccc(Nc2nn(C[NH+](C)Cc3ccccc3)c(=S)s2)cc1C. The van der Waals surface area contributed by atoms with Crippen molar-refractivity contribution in [3.05, 3.63) is 69.2 Å². The van der Waals surface area contributed by atoms with E-state index in [4.69, 9.17) is 12.2 Å². The lowest BCUT2D eigenvalue weighted by Gasteiger charge is -2.13. The number of nitrogens with one attached hydrogen (secondary N) is 2. The monoisotopic (exact) mass is 371 g/mol. The number of aromatic nitrogens is 2. The van der Waals surface area contributed by atoms with Crippen molar-refractivity contribution < 1.29 is 4.90 Å². The van der Waals surface area contributed by atoms with E-state index in [1.807, 2.05) is 10.7 Å².